The van der Waals surface area contributed by atoms with E-state index in [0.29, 0.717) is 4.48 Å². The summed E-state index contributed by atoms with van der Waals surface area (Å²) < 4.78 is 7.70. The number of benzene rings is 18. The average molecular weight is 1470 g/mol. The Morgan fingerprint density at radius 2 is 0.600 bits per heavy atom. The zero-order valence-corrected chi connectivity index (χ0v) is 63.9. The van der Waals surface area contributed by atoms with Crippen molar-refractivity contribution in [1.29, 1.82) is 0 Å². The van der Waals surface area contributed by atoms with Gasteiger partial charge < -0.3 is 14.2 Å². The highest BCUT2D eigenvalue weighted by molar-refractivity contribution is 6.14. The number of aryl methyl sites for hydroxylation is 1. The highest BCUT2D eigenvalue weighted by Crippen LogP contribution is 2.66. The summed E-state index contributed by atoms with van der Waals surface area (Å²) in [5.41, 5.74) is 42.4. The van der Waals surface area contributed by atoms with Crippen LogP contribution in [-0.4, -0.2) is 14.1 Å². The molecule has 0 amide bonds. The van der Waals surface area contributed by atoms with Gasteiger partial charge in [0.2, 0.25) is 0 Å². The number of hydrogen-bond acceptors (Lipinski definition) is 3. The maximum absolute atomic E-state index is 7.00. The molecule has 1 aliphatic heterocycles. The van der Waals surface area contributed by atoms with Gasteiger partial charge in [0, 0.05) is 62.3 Å². The zero-order valence-electron chi connectivity index (χ0n) is 63.9. The van der Waals surface area contributed by atoms with Crippen molar-refractivity contribution in [3.8, 4) is 89.0 Å². The van der Waals surface area contributed by atoms with Crippen molar-refractivity contribution in [2.45, 2.75) is 17.8 Å². The van der Waals surface area contributed by atoms with Gasteiger partial charge in [-0.2, -0.15) is 0 Å². The molecule has 4 heteroatoms. The molecule has 18 aromatic carbocycles. The van der Waals surface area contributed by atoms with E-state index in [9.17, 15) is 0 Å². The minimum absolute atomic E-state index is 0.381. The topological polar surface area (TPSA) is 19.6 Å². The van der Waals surface area contributed by atoms with Gasteiger partial charge in [-0.15, -0.1) is 0 Å². The quantitative estimate of drug-likeness (QED) is 0.134. The largest absolute Gasteiger partial charge is 0.453 e. The van der Waals surface area contributed by atoms with Crippen molar-refractivity contribution in [2.75, 3.05) is 23.9 Å². The molecule has 0 N–H and O–H groups in total. The van der Waals surface area contributed by atoms with Gasteiger partial charge in [-0.3, -0.25) is 4.48 Å². The van der Waals surface area contributed by atoms with Gasteiger partial charge in [0.25, 0.3) is 0 Å². The van der Waals surface area contributed by atoms with E-state index >= 15 is 0 Å². The average Bonchev–Trinajstić information content (AvgIpc) is 1.51. The summed E-state index contributed by atoms with van der Waals surface area (Å²) in [6, 6.07) is 150. The van der Waals surface area contributed by atoms with Gasteiger partial charge in [0.05, 0.1) is 36.3 Å². The fourth-order valence-corrected chi connectivity index (χ4v) is 20.5. The highest BCUT2D eigenvalue weighted by atomic mass is 16.3. The molecule has 4 nitrogen and oxygen atoms in total. The Morgan fingerprint density at radius 1 is 0.226 bits per heavy atom. The lowest BCUT2D eigenvalue weighted by atomic mass is 9.70. The summed E-state index contributed by atoms with van der Waals surface area (Å²) in [5.74, 6) is 0. The predicted molar refractivity (Wildman–Crippen MR) is 479 cm³/mol. The van der Waals surface area contributed by atoms with E-state index in [4.69, 9.17) is 4.42 Å². The van der Waals surface area contributed by atoms with Crippen LogP contribution in [0.1, 0.15) is 50.1 Å². The van der Waals surface area contributed by atoms with E-state index in [0.717, 1.165) is 67.2 Å². The molecule has 1 aromatic heterocycles. The number of quaternary nitrogens is 1. The lowest BCUT2D eigenvalue weighted by Crippen LogP contribution is -2.32. The normalized spacial score (nSPS) is 13.7. The number of furan rings is 1. The third-order valence-electron chi connectivity index (χ3n) is 25.7. The van der Waals surface area contributed by atoms with Crippen molar-refractivity contribution >= 4 is 78.2 Å². The molecule has 0 saturated carbocycles. The van der Waals surface area contributed by atoms with Crippen LogP contribution >= 0.6 is 0 Å². The number of hydrogen-bond donors (Lipinski definition) is 0. The molecule has 24 rings (SSSR count). The molecule has 4 aliphatic carbocycles. The first kappa shape index (κ1) is 66.4. The smallest absolute Gasteiger partial charge is 0.159 e. The van der Waals surface area contributed by atoms with Crippen LogP contribution in [0.25, 0.3) is 122 Å². The monoisotopic (exact) mass is 1470 g/mol. The summed E-state index contributed by atoms with van der Waals surface area (Å²) in [5, 5.41) is 4.60. The van der Waals surface area contributed by atoms with E-state index in [1.165, 1.54) is 150 Å². The molecule has 540 valence electrons. The van der Waals surface area contributed by atoms with E-state index < -0.39 is 5.41 Å². The molecule has 0 bridgehead atoms. The molecule has 0 atom stereocenters. The SMILES string of the molecule is Cc1ccc(-c2ccc(N(c3ccc4c(c3)C3(c5ccccc5-c5ccccc53)c3ccccc3-4)c3ccc4c(c3)[N+](C)(C)c3ccccc3-4)cc2)cc1.c1ccc(-c2cccc3c2oc2c(N(c4ccc(-c5ccc6c(c5)C5(c7ccccc7-c7ccccc75)c5ccccc5-6)cc4)c4ccc5ccccc5c4)cccc23)cc1. The predicted octanol–water partition coefficient (Wildman–Crippen LogP) is 29.2. The van der Waals surface area contributed by atoms with E-state index in [-0.39, 0.29) is 5.41 Å². The van der Waals surface area contributed by atoms with Gasteiger partial charge in [-0.1, -0.05) is 321 Å². The van der Waals surface area contributed by atoms with Crippen LogP contribution in [0.4, 0.5) is 45.5 Å². The molecule has 19 aromatic rings. The second-order valence-corrected chi connectivity index (χ2v) is 31.9. The van der Waals surface area contributed by atoms with Crippen molar-refractivity contribution < 1.29 is 4.42 Å². The molecule has 0 unspecified atom stereocenters. The summed E-state index contributed by atoms with van der Waals surface area (Å²) >= 11 is 0. The van der Waals surface area contributed by atoms with Gasteiger partial charge in [-0.05, 0) is 213 Å². The van der Waals surface area contributed by atoms with Crippen molar-refractivity contribution in [3.63, 3.8) is 0 Å². The van der Waals surface area contributed by atoms with Crippen molar-refractivity contribution in [3.05, 3.63) is 457 Å². The number of anilines is 6. The van der Waals surface area contributed by atoms with Crippen molar-refractivity contribution in [1.82, 2.24) is 4.48 Å². The van der Waals surface area contributed by atoms with Crippen LogP contribution in [0.5, 0.6) is 0 Å². The van der Waals surface area contributed by atoms with Crippen LogP contribution in [0.3, 0.4) is 0 Å². The van der Waals surface area contributed by atoms with E-state index in [2.05, 4.69) is 437 Å². The van der Waals surface area contributed by atoms with Gasteiger partial charge in [-0.25, -0.2) is 0 Å². The van der Waals surface area contributed by atoms with Gasteiger partial charge in [0.1, 0.15) is 17.0 Å². The molecular formula is C111H76N3O+. The minimum atomic E-state index is -0.408. The first-order valence-corrected chi connectivity index (χ1v) is 40.0. The number of rotatable bonds is 9. The van der Waals surface area contributed by atoms with Crippen LogP contribution in [-0.2, 0) is 10.8 Å². The van der Waals surface area contributed by atoms with Crippen molar-refractivity contribution in [2.24, 2.45) is 0 Å². The molecule has 0 fully saturated rings. The first-order valence-electron chi connectivity index (χ1n) is 40.0. The van der Waals surface area contributed by atoms with Gasteiger partial charge in [0.15, 0.2) is 5.58 Å². The van der Waals surface area contributed by atoms with E-state index in [1.807, 2.05) is 0 Å². The molecule has 5 aliphatic rings. The minimum Gasteiger partial charge on any atom is -0.453 e. The summed E-state index contributed by atoms with van der Waals surface area (Å²) in [7, 11) is 4.61. The molecule has 2 heterocycles. The maximum Gasteiger partial charge on any atom is 0.159 e. The van der Waals surface area contributed by atoms with Crippen LogP contribution in [0.2, 0.25) is 0 Å². The molecule has 2 spiro atoms. The number of nitrogens with zero attached hydrogens (tertiary/aromatic N) is 3. The molecular weight excluding hydrogens is 1390 g/mol. The summed E-state index contributed by atoms with van der Waals surface area (Å²) in [6.45, 7) is 2.14. The number of para-hydroxylation sites is 3. The molecule has 0 radical (unpaired) electrons. The van der Waals surface area contributed by atoms with Crippen LogP contribution < -0.4 is 14.3 Å². The number of fused-ring (bicyclic) bond motifs is 27. The maximum atomic E-state index is 7.00. The molecule has 0 saturated heterocycles. The van der Waals surface area contributed by atoms with E-state index in [1.54, 1.807) is 0 Å². The highest BCUT2D eigenvalue weighted by Gasteiger charge is 2.53. The fourth-order valence-electron chi connectivity index (χ4n) is 20.5. The second-order valence-electron chi connectivity index (χ2n) is 31.9. The molecule has 115 heavy (non-hydrogen) atoms. The summed E-state index contributed by atoms with van der Waals surface area (Å²) in [4.78, 5) is 4.82. The standard InChI is InChI=1S/C59H37NO.C52H39N2/c1-2-15-40(16-3-1)45-21-12-22-50-51-23-13-27-56(58(51)61-57(45)50)60(44-34-30-38-14-4-5-17-41(38)36-44)43-32-28-39(29-33-43)42-31-35-49-48-20-8-11-26-54(48)59(55(49)37-42)52-24-9-6-18-46(52)47-19-7-10-25-53(47)59;1-34-20-22-35(23-21-34)36-24-26-37(27-25-36)53(39-29-31-45-44-15-7-11-19-50(44)54(2,3)51(45)33-39)38-28-30-43-42-14-6-10-18-48(42)52(49(43)32-38)46-16-8-4-12-40(46)41-13-5-9-17-47(41)52/h1-37H;4-33H,1-3H3/q;+1. The van der Waals surface area contributed by atoms with Gasteiger partial charge >= 0.3 is 0 Å². The first-order chi connectivity index (χ1) is 56.7. The fraction of sp³-hybridized carbons (Fsp3) is 0.0450. The lowest BCUT2D eigenvalue weighted by molar-refractivity contribution is 0.568. The Labute approximate surface area is 669 Å². The summed E-state index contributed by atoms with van der Waals surface area (Å²) in [6.07, 6.45) is 0. The Hall–Kier alpha value is -14.4. The third kappa shape index (κ3) is 9.77. The Morgan fingerprint density at radius 3 is 1.17 bits per heavy atom. The zero-order chi connectivity index (χ0) is 76.3. The lowest BCUT2D eigenvalue weighted by Gasteiger charge is -2.32. The second kappa shape index (κ2) is 25.6. The Bertz CT molecular complexity index is 7080. The van der Waals surface area contributed by atoms with Crippen LogP contribution in [0, 0.1) is 6.92 Å². The Kier molecular flexibility index (Phi) is 14.8. The van der Waals surface area contributed by atoms with Crippen LogP contribution in [0.15, 0.2) is 411 Å². The Balaban J connectivity index is 0.000000137. The third-order valence-corrected chi connectivity index (χ3v) is 25.7.